The van der Waals surface area contributed by atoms with Gasteiger partial charge in [-0.25, -0.2) is 0 Å². The van der Waals surface area contributed by atoms with Crippen LogP contribution >= 0.6 is 0 Å². The topological polar surface area (TPSA) is 107 Å². The highest BCUT2D eigenvalue weighted by atomic mass is 16.6. The molecular formula is C14H20N2O5. The van der Waals surface area contributed by atoms with E-state index in [0.717, 1.165) is 44.6 Å². The monoisotopic (exact) mass is 296 g/mol. The van der Waals surface area contributed by atoms with Crippen molar-refractivity contribution in [2.45, 2.75) is 44.9 Å². The first kappa shape index (κ1) is 17.0. The molecule has 1 aromatic carbocycles. The predicted molar refractivity (Wildman–Crippen MR) is 78.2 cm³/mol. The summed E-state index contributed by atoms with van der Waals surface area (Å²) in [5.41, 5.74) is 0.111. The van der Waals surface area contributed by atoms with Gasteiger partial charge in [0.15, 0.2) is 0 Å². The van der Waals surface area contributed by atoms with Crippen molar-refractivity contribution < 1.29 is 15.0 Å². The molecule has 7 nitrogen and oxygen atoms in total. The number of hydrogen-bond acceptors (Lipinski definition) is 5. The molecule has 0 radical (unpaired) electrons. The number of rotatable bonds is 10. The van der Waals surface area contributed by atoms with Crippen LogP contribution in [0.25, 0.3) is 0 Å². The summed E-state index contributed by atoms with van der Waals surface area (Å²) < 4.78 is 0. The number of hydrogen-bond donors (Lipinski definition) is 1. The fraction of sp³-hybridized carbons (Fsp3) is 0.571. The van der Waals surface area contributed by atoms with Crippen molar-refractivity contribution in [1.29, 1.82) is 0 Å². The first-order valence-electron chi connectivity index (χ1n) is 7.09. The van der Waals surface area contributed by atoms with Gasteiger partial charge in [0.2, 0.25) is 0 Å². The van der Waals surface area contributed by atoms with Gasteiger partial charge >= 0.3 is 0 Å². The molecule has 0 aliphatic carbocycles. The van der Waals surface area contributed by atoms with Gasteiger partial charge in [-0.2, -0.15) is 0 Å². The van der Waals surface area contributed by atoms with Crippen LogP contribution in [0.1, 0.15) is 44.1 Å². The maximum absolute atomic E-state index is 11.0. The van der Waals surface area contributed by atoms with E-state index in [9.17, 15) is 20.2 Å². The molecule has 1 aromatic rings. The molecule has 0 bridgehead atoms. The van der Waals surface area contributed by atoms with E-state index in [1.54, 1.807) is 0 Å². The van der Waals surface area contributed by atoms with E-state index < -0.39 is 9.85 Å². The molecule has 1 rings (SSSR count). The number of nitrogens with zero attached hydrogens (tertiary/aromatic N) is 2. The lowest BCUT2D eigenvalue weighted by molar-refractivity contribution is -0.394. The molecule has 0 aliphatic heterocycles. The van der Waals surface area contributed by atoms with Crippen molar-refractivity contribution in [3.05, 3.63) is 44.0 Å². The zero-order valence-corrected chi connectivity index (χ0v) is 11.9. The molecule has 0 unspecified atom stereocenters. The Balaban J connectivity index is 2.51. The highest BCUT2D eigenvalue weighted by Crippen LogP contribution is 2.26. The van der Waals surface area contributed by atoms with E-state index in [0.29, 0.717) is 12.0 Å². The number of unbranched alkanes of at least 4 members (excludes halogenated alkanes) is 5. The Morgan fingerprint density at radius 3 is 2.10 bits per heavy atom. The summed E-state index contributed by atoms with van der Waals surface area (Å²) in [6, 6.07) is 3.81. The third-order valence-corrected chi connectivity index (χ3v) is 3.33. The minimum Gasteiger partial charge on any atom is -0.396 e. The number of benzene rings is 1. The quantitative estimate of drug-likeness (QED) is 0.404. The van der Waals surface area contributed by atoms with Crippen molar-refractivity contribution in [1.82, 2.24) is 0 Å². The number of nitro benzene ring substituents is 2. The van der Waals surface area contributed by atoms with Gasteiger partial charge in [0.25, 0.3) is 11.4 Å². The summed E-state index contributed by atoms with van der Waals surface area (Å²) in [6.07, 6.45) is 6.21. The number of aryl methyl sites for hydroxylation is 1. The number of aliphatic hydroxyl groups excluding tert-OH is 1. The Labute approximate surface area is 122 Å². The van der Waals surface area contributed by atoms with Gasteiger partial charge in [-0.05, 0) is 25.3 Å². The second kappa shape index (κ2) is 9.02. The Kier molecular flexibility index (Phi) is 7.31. The van der Waals surface area contributed by atoms with Gasteiger partial charge in [0, 0.05) is 18.2 Å². The zero-order valence-electron chi connectivity index (χ0n) is 11.9. The van der Waals surface area contributed by atoms with Crippen molar-refractivity contribution in [2.24, 2.45) is 0 Å². The molecule has 0 heterocycles. The Morgan fingerprint density at radius 2 is 1.52 bits per heavy atom. The van der Waals surface area contributed by atoms with Gasteiger partial charge < -0.3 is 5.11 Å². The number of aliphatic hydroxyl groups is 1. The summed E-state index contributed by atoms with van der Waals surface area (Å²) in [5.74, 6) is 0. The molecular weight excluding hydrogens is 276 g/mol. The molecule has 0 atom stereocenters. The van der Waals surface area contributed by atoms with E-state index in [-0.39, 0.29) is 18.0 Å². The molecule has 0 aliphatic rings. The summed E-state index contributed by atoms with van der Waals surface area (Å²) in [6.45, 7) is 0.217. The fourth-order valence-corrected chi connectivity index (χ4v) is 2.18. The van der Waals surface area contributed by atoms with Crippen LogP contribution in [0.3, 0.4) is 0 Å². The highest BCUT2D eigenvalue weighted by Gasteiger charge is 2.18. The Morgan fingerprint density at radius 1 is 0.905 bits per heavy atom. The number of nitro groups is 2. The minimum atomic E-state index is -0.627. The first-order valence-corrected chi connectivity index (χ1v) is 7.09. The van der Waals surface area contributed by atoms with Gasteiger partial charge in [0.05, 0.1) is 15.9 Å². The van der Waals surface area contributed by atoms with Crippen molar-refractivity contribution in [2.75, 3.05) is 6.61 Å². The lowest BCUT2D eigenvalue weighted by Gasteiger charge is -2.03. The predicted octanol–water partition coefficient (Wildman–Crippen LogP) is 3.38. The Hall–Kier alpha value is -2.02. The van der Waals surface area contributed by atoms with E-state index in [1.165, 1.54) is 12.1 Å². The van der Waals surface area contributed by atoms with Crippen LogP contribution in [-0.4, -0.2) is 21.6 Å². The minimum absolute atomic E-state index is 0.176. The average Bonchev–Trinajstić information content (AvgIpc) is 2.46. The van der Waals surface area contributed by atoms with E-state index in [1.807, 2.05) is 0 Å². The number of non-ortho nitro benzene ring substituents is 1. The van der Waals surface area contributed by atoms with Crippen LogP contribution in [0.2, 0.25) is 0 Å². The summed E-state index contributed by atoms with van der Waals surface area (Å²) >= 11 is 0. The van der Waals surface area contributed by atoms with Gasteiger partial charge in [-0.15, -0.1) is 0 Å². The first-order chi connectivity index (χ1) is 10.1. The summed E-state index contributed by atoms with van der Waals surface area (Å²) in [4.78, 5) is 20.4. The molecule has 0 amide bonds. The second-order valence-electron chi connectivity index (χ2n) is 4.92. The van der Waals surface area contributed by atoms with Crippen molar-refractivity contribution >= 4 is 11.4 Å². The van der Waals surface area contributed by atoms with Crippen LogP contribution in [0.4, 0.5) is 11.4 Å². The molecule has 1 N–H and O–H groups in total. The van der Waals surface area contributed by atoms with Gasteiger partial charge in [0.1, 0.15) is 0 Å². The second-order valence-corrected chi connectivity index (χ2v) is 4.92. The highest BCUT2D eigenvalue weighted by molar-refractivity contribution is 5.49. The molecule has 0 fully saturated rings. The molecule has 0 saturated carbocycles. The maximum Gasteiger partial charge on any atom is 0.279 e. The molecule has 21 heavy (non-hydrogen) atoms. The molecule has 116 valence electrons. The lowest BCUT2D eigenvalue weighted by Crippen LogP contribution is -1.98. The zero-order chi connectivity index (χ0) is 15.7. The molecule has 0 aromatic heterocycles. The largest absolute Gasteiger partial charge is 0.396 e. The van der Waals surface area contributed by atoms with Crippen LogP contribution in [0.5, 0.6) is 0 Å². The molecule has 7 heteroatoms. The van der Waals surface area contributed by atoms with Crippen LogP contribution in [0, 0.1) is 20.2 Å². The van der Waals surface area contributed by atoms with E-state index in [4.69, 9.17) is 5.11 Å². The molecule has 0 spiro atoms. The van der Waals surface area contributed by atoms with Crippen LogP contribution in [0.15, 0.2) is 18.2 Å². The van der Waals surface area contributed by atoms with Gasteiger partial charge in [-0.3, -0.25) is 20.2 Å². The normalized spacial score (nSPS) is 10.5. The maximum atomic E-state index is 11.0. The molecule has 0 saturated heterocycles. The van der Waals surface area contributed by atoms with Crippen molar-refractivity contribution in [3.63, 3.8) is 0 Å². The fourth-order valence-electron chi connectivity index (χ4n) is 2.18. The summed E-state index contributed by atoms with van der Waals surface area (Å²) in [5, 5.41) is 30.3. The van der Waals surface area contributed by atoms with E-state index >= 15 is 0 Å². The van der Waals surface area contributed by atoms with Gasteiger partial charge in [-0.1, -0.05) is 25.7 Å². The lowest BCUT2D eigenvalue weighted by atomic mass is 10.0. The standard InChI is InChI=1S/C14H20N2O5/c17-10-6-4-2-1-3-5-7-12-8-9-13(15(18)19)11-14(12)16(20)21/h8-9,11,17H,1-7,10H2. The summed E-state index contributed by atoms with van der Waals surface area (Å²) in [7, 11) is 0. The van der Waals surface area contributed by atoms with Crippen LogP contribution < -0.4 is 0 Å². The third kappa shape index (κ3) is 5.86. The van der Waals surface area contributed by atoms with Crippen molar-refractivity contribution in [3.8, 4) is 0 Å². The van der Waals surface area contributed by atoms with Crippen LogP contribution in [-0.2, 0) is 6.42 Å². The van der Waals surface area contributed by atoms with E-state index in [2.05, 4.69) is 0 Å². The average molecular weight is 296 g/mol. The third-order valence-electron chi connectivity index (χ3n) is 3.33. The Bertz CT molecular complexity index is 490. The smallest absolute Gasteiger partial charge is 0.279 e. The SMILES string of the molecule is O=[N+]([O-])c1ccc(CCCCCCCCO)c([N+](=O)[O-])c1.